The number of aryl methyl sites for hydroxylation is 2. The van der Waals surface area contributed by atoms with Crippen LogP contribution in [0, 0.1) is 19.8 Å². The highest BCUT2D eigenvalue weighted by Crippen LogP contribution is 2.26. The summed E-state index contributed by atoms with van der Waals surface area (Å²) in [5.41, 5.74) is 3.90. The van der Waals surface area contributed by atoms with E-state index in [0.29, 0.717) is 23.9 Å². The minimum absolute atomic E-state index is 0.125. The number of aromatic nitrogens is 4. The van der Waals surface area contributed by atoms with Crippen LogP contribution in [0.4, 0.5) is 5.95 Å². The molecule has 7 heteroatoms. The van der Waals surface area contributed by atoms with Crippen molar-refractivity contribution < 1.29 is 4.79 Å². The molecule has 1 atom stereocenters. The Kier molecular flexibility index (Phi) is 5.44. The SMILES string of the molecule is Cc1cc(C)cc(C(=O)C2CCCN(c3nc(-c4ccncn4)cc(=O)n3C)C2)c1. The highest BCUT2D eigenvalue weighted by atomic mass is 16.1. The number of anilines is 1. The summed E-state index contributed by atoms with van der Waals surface area (Å²) in [4.78, 5) is 40.6. The molecule has 4 rings (SSSR count). The number of hydrogen-bond acceptors (Lipinski definition) is 6. The summed E-state index contributed by atoms with van der Waals surface area (Å²) < 4.78 is 1.54. The lowest BCUT2D eigenvalue weighted by molar-refractivity contribution is 0.0906. The van der Waals surface area contributed by atoms with Crippen LogP contribution in [0.1, 0.15) is 34.3 Å². The predicted octanol–water partition coefficient (Wildman–Crippen LogP) is 2.95. The first-order valence-corrected chi connectivity index (χ1v) is 10.1. The fraction of sp³-hybridized carbons (Fsp3) is 0.348. The summed E-state index contributed by atoms with van der Waals surface area (Å²) >= 11 is 0. The van der Waals surface area contributed by atoms with E-state index in [0.717, 1.165) is 36.1 Å². The largest absolute Gasteiger partial charge is 0.341 e. The van der Waals surface area contributed by atoms with Crippen LogP contribution in [-0.2, 0) is 7.05 Å². The molecule has 3 aromatic rings. The Morgan fingerprint density at radius 3 is 2.57 bits per heavy atom. The smallest absolute Gasteiger partial charge is 0.255 e. The molecule has 0 aliphatic carbocycles. The third-order valence-corrected chi connectivity index (χ3v) is 5.54. The van der Waals surface area contributed by atoms with Crippen molar-refractivity contribution in [2.45, 2.75) is 26.7 Å². The quantitative estimate of drug-likeness (QED) is 0.623. The van der Waals surface area contributed by atoms with Crippen molar-refractivity contribution >= 4 is 11.7 Å². The van der Waals surface area contributed by atoms with E-state index in [1.807, 2.05) is 30.9 Å². The van der Waals surface area contributed by atoms with Gasteiger partial charge < -0.3 is 4.90 Å². The summed E-state index contributed by atoms with van der Waals surface area (Å²) in [5.74, 6) is 0.594. The zero-order valence-corrected chi connectivity index (χ0v) is 17.5. The van der Waals surface area contributed by atoms with Gasteiger partial charge in [-0.15, -0.1) is 0 Å². The third kappa shape index (κ3) is 4.01. The lowest BCUT2D eigenvalue weighted by Gasteiger charge is -2.33. The Hall–Kier alpha value is -3.35. The second-order valence-electron chi connectivity index (χ2n) is 7.96. The van der Waals surface area contributed by atoms with E-state index in [-0.39, 0.29) is 17.3 Å². The molecule has 1 saturated heterocycles. The van der Waals surface area contributed by atoms with Crippen LogP contribution in [0.25, 0.3) is 11.4 Å². The third-order valence-electron chi connectivity index (χ3n) is 5.54. The highest BCUT2D eigenvalue weighted by Gasteiger charge is 2.29. The van der Waals surface area contributed by atoms with Crippen LogP contribution < -0.4 is 10.5 Å². The fourth-order valence-corrected chi connectivity index (χ4v) is 4.11. The summed E-state index contributed by atoms with van der Waals surface area (Å²) in [6, 6.07) is 9.19. The molecule has 0 radical (unpaired) electrons. The molecule has 1 aromatic carbocycles. The fourth-order valence-electron chi connectivity index (χ4n) is 4.11. The number of Topliss-reactive ketones (excluding diaryl/α,β-unsaturated/α-hetero) is 1. The maximum atomic E-state index is 13.2. The van der Waals surface area contributed by atoms with Gasteiger partial charge in [-0.2, -0.15) is 0 Å². The van der Waals surface area contributed by atoms with E-state index in [2.05, 4.69) is 16.0 Å². The van der Waals surface area contributed by atoms with E-state index in [1.54, 1.807) is 19.3 Å². The normalized spacial score (nSPS) is 16.5. The first-order valence-electron chi connectivity index (χ1n) is 10.1. The second-order valence-corrected chi connectivity index (χ2v) is 7.96. The molecule has 0 bridgehead atoms. The Bertz CT molecular complexity index is 1120. The van der Waals surface area contributed by atoms with Gasteiger partial charge in [0.15, 0.2) is 5.78 Å². The van der Waals surface area contributed by atoms with Gasteiger partial charge >= 0.3 is 0 Å². The molecule has 1 aliphatic rings. The maximum Gasteiger partial charge on any atom is 0.255 e. The van der Waals surface area contributed by atoms with Crippen molar-refractivity contribution in [2.24, 2.45) is 13.0 Å². The molecule has 0 N–H and O–H groups in total. The summed E-state index contributed by atoms with van der Waals surface area (Å²) in [6.45, 7) is 5.31. The van der Waals surface area contributed by atoms with E-state index < -0.39 is 0 Å². The number of rotatable bonds is 4. The standard InChI is InChI=1S/C23H25N5O2/c1-15-9-16(2)11-18(10-15)22(30)17-5-4-8-28(13-17)23-26-20(12-21(29)27(23)3)19-6-7-24-14-25-19/h6-7,9-12,14,17H,4-5,8,13H2,1-3H3. The molecule has 0 spiro atoms. The minimum Gasteiger partial charge on any atom is -0.341 e. The monoisotopic (exact) mass is 403 g/mol. The van der Waals surface area contributed by atoms with E-state index >= 15 is 0 Å². The first-order chi connectivity index (χ1) is 14.4. The van der Waals surface area contributed by atoms with Crippen LogP contribution in [0.5, 0.6) is 0 Å². The van der Waals surface area contributed by atoms with Crippen molar-refractivity contribution in [1.82, 2.24) is 19.5 Å². The predicted molar refractivity (Wildman–Crippen MR) is 116 cm³/mol. The molecule has 0 saturated carbocycles. The number of piperidine rings is 1. The molecule has 7 nitrogen and oxygen atoms in total. The van der Waals surface area contributed by atoms with Gasteiger partial charge in [0.2, 0.25) is 5.95 Å². The van der Waals surface area contributed by atoms with Gasteiger partial charge in [0.05, 0.1) is 11.4 Å². The van der Waals surface area contributed by atoms with E-state index in [9.17, 15) is 9.59 Å². The molecule has 2 aromatic heterocycles. The minimum atomic E-state index is -0.156. The van der Waals surface area contributed by atoms with Gasteiger partial charge in [-0.25, -0.2) is 15.0 Å². The van der Waals surface area contributed by atoms with E-state index in [1.165, 1.54) is 17.0 Å². The molecule has 1 aliphatic heterocycles. The number of ketones is 1. The summed E-state index contributed by atoms with van der Waals surface area (Å²) in [6.07, 6.45) is 4.77. The van der Waals surface area contributed by atoms with Crippen LogP contribution in [0.15, 0.2) is 47.7 Å². The zero-order valence-electron chi connectivity index (χ0n) is 17.5. The number of benzene rings is 1. The molecule has 0 amide bonds. The Labute approximate surface area is 175 Å². The van der Waals surface area contributed by atoms with Gasteiger partial charge in [0.25, 0.3) is 5.56 Å². The van der Waals surface area contributed by atoms with Crippen LogP contribution in [-0.4, -0.2) is 38.4 Å². The van der Waals surface area contributed by atoms with Gasteiger partial charge in [0, 0.05) is 43.9 Å². The number of hydrogen-bond donors (Lipinski definition) is 0. The van der Waals surface area contributed by atoms with E-state index in [4.69, 9.17) is 4.98 Å². The van der Waals surface area contributed by atoms with Crippen molar-refractivity contribution in [2.75, 3.05) is 18.0 Å². The first kappa shape index (κ1) is 19.9. The van der Waals surface area contributed by atoms with Crippen molar-refractivity contribution in [3.05, 3.63) is 69.9 Å². The Morgan fingerprint density at radius 2 is 1.87 bits per heavy atom. The van der Waals surface area contributed by atoms with Gasteiger partial charge in [-0.1, -0.05) is 17.2 Å². The molecule has 1 unspecified atom stereocenters. The second kappa shape index (κ2) is 8.18. The number of carbonyl (C=O) groups is 1. The average Bonchev–Trinajstić information content (AvgIpc) is 2.75. The van der Waals surface area contributed by atoms with Gasteiger partial charge in [-0.3, -0.25) is 14.2 Å². The topological polar surface area (TPSA) is 81.0 Å². The molecule has 154 valence electrons. The Balaban J connectivity index is 1.64. The molecule has 30 heavy (non-hydrogen) atoms. The van der Waals surface area contributed by atoms with Crippen molar-refractivity contribution in [1.29, 1.82) is 0 Å². The number of carbonyl (C=O) groups excluding carboxylic acids is 1. The lowest BCUT2D eigenvalue weighted by atomic mass is 9.89. The van der Waals surface area contributed by atoms with Crippen LogP contribution in [0.2, 0.25) is 0 Å². The molecular weight excluding hydrogens is 378 g/mol. The van der Waals surface area contributed by atoms with Gasteiger partial charge in [-0.05, 0) is 44.9 Å². The highest BCUT2D eigenvalue weighted by molar-refractivity contribution is 5.98. The summed E-state index contributed by atoms with van der Waals surface area (Å²) in [5, 5.41) is 0. The molecule has 1 fully saturated rings. The van der Waals surface area contributed by atoms with Gasteiger partial charge in [0.1, 0.15) is 6.33 Å². The molecular formula is C23H25N5O2. The maximum absolute atomic E-state index is 13.2. The van der Waals surface area contributed by atoms with Crippen molar-refractivity contribution in [3.63, 3.8) is 0 Å². The van der Waals surface area contributed by atoms with Crippen molar-refractivity contribution in [3.8, 4) is 11.4 Å². The zero-order chi connectivity index (χ0) is 21.3. The summed E-state index contributed by atoms with van der Waals surface area (Å²) in [7, 11) is 1.71. The lowest BCUT2D eigenvalue weighted by Crippen LogP contribution is -2.42. The molecule has 3 heterocycles. The average molecular weight is 403 g/mol. The Morgan fingerprint density at radius 1 is 1.10 bits per heavy atom. The number of nitrogens with zero attached hydrogens (tertiary/aromatic N) is 5. The van der Waals surface area contributed by atoms with Crippen LogP contribution >= 0.6 is 0 Å². The van der Waals surface area contributed by atoms with Crippen LogP contribution in [0.3, 0.4) is 0 Å².